The highest BCUT2D eigenvalue weighted by Gasteiger charge is 2.46. The van der Waals surface area contributed by atoms with Crippen molar-refractivity contribution in [3.8, 4) is 12.4 Å². The number of halogens is 2. The van der Waals surface area contributed by atoms with Crippen LogP contribution in [0.15, 0.2) is 36.4 Å². The van der Waals surface area contributed by atoms with Gasteiger partial charge in [0.1, 0.15) is 17.2 Å². The van der Waals surface area contributed by atoms with Crippen LogP contribution in [0.1, 0.15) is 48.4 Å². The summed E-state index contributed by atoms with van der Waals surface area (Å²) in [5.74, 6) is -2.45. The fourth-order valence-corrected chi connectivity index (χ4v) is 7.24. The van der Waals surface area contributed by atoms with Crippen molar-refractivity contribution in [2.45, 2.75) is 39.8 Å². The molecule has 0 unspecified atom stereocenters. The Balaban J connectivity index is 0.000000211. The number of para-hydroxylation sites is 2. The average Bonchev–Trinajstić information content (AvgIpc) is 2.80. The van der Waals surface area contributed by atoms with Crippen molar-refractivity contribution >= 4 is 55.2 Å². The van der Waals surface area contributed by atoms with Crippen molar-refractivity contribution in [1.29, 1.82) is 10.5 Å². The van der Waals surface area contributed by atoms with Gasteiger partial charge in [-0.2, -0.15) is 36.0 Å². The van der Waals surface area contributed by atoms with E-state index in [9.17, 15) is 30.8 Å². The number of fused-ring (bicyclic) bond motifs is 2. The number of carbonyl (C=O) groups is 2. The Bertz CT molecular complexity index is 1510. The summed E-state index contributed by atoms with van der Waals surface area (Å²) in [6.07, 6.45) is 2.97. The molecule has 0 fully saturated rings. The lowest BCUT2D eigenvalue weighted by atomic mass is 10.1. The lowest BCUT2D eigenvalue weighted by Crippen LogP contribution is -2.52. The molecule has 0 atom stereocenters. The molecular weight excluding hydrogens is 563 g/mol. The van der Waals surface area contributed by atoms with Gasteiger partial charge in [0.05, 0.1) is 16.1 Å². The standard InChI is InChI=1S/C11H10ClN3O3S.C11H10FN3O3S/c2*1-7(2)15-11(16)8-4-3-5-9(12)10(8)14(6-13)19(15,17)18/h2*3-5,7H,1-2H3. The highest BCUT2D eigenvalue weighted by Crippen LogP contribution is 2.38. The second kappa shape index (κ2) is 10.1. The summed E-state index contributed by atoms with van der Waals surface area (Å²) in [4.78, 5) is 24.4. The molecule has 0 aliphatic carbocycles. The molecular formula is C22H20ClFN6O6S2. The summed E-state index contributed by atoms with van der Waals surface area (Å²) in [7, 11) is -8.61. The van der Waals surface area contributed by atoms with Crippen molar-refractivity contribution in [1.82, 2.24) is 8.61 Å². The van der Waals surface area contributed by atoms with Crippen molar-refractivity contribution < 1.29 is 30.8 Å². The fourth-order valence-electron chi connectivity index (χ4n) is 3.85. The summed E-state index contributed by atoms with van der Waals surface area (Å²) in [6.45, 7) is 6.10. The predicted octanol–water partition coefficient (Wildman–Crippen LogP) is 2.96. The van der Waals surface area contributed by atoms with Crippen LogP contribution in [0.5, 0.6) is 0 Å². The van der Waals surface area contributed by atoms with Gasteiger partial charge in [-0.15, -0.1) is 0 Å². The van der Waals surface area contributed by atoms with Crippen LogP contribution in [0.2, 0.25) is 5.02 Å². The molecule has 0 saturated carbocycles. The van der Waals surface area contributed by atoms with E-state index in [0.29, 0.717) is 12.9 Å². The molecule has 38 heavy (non-hydrogen) atoms. The third-order valence-electron chi connectivity index (χ3n) is 5.32. The van der Waals surface area contributed by atoms with Gasteiger partial charge in [0, 0.05) is 12.1 Å². The number of benzene rings is 2. The van der Waals surface area contributed by atoms with Crippen molar-refractivity contribution in [2.24, 2.45) is 0 Å². The Morgan fingerprint density at radius 1 is 0.763 bits per heavy atom. The van der Waals surface area contributed by atoms with Gasteiger partial charge in [-0.3, -0.25) is 9.59 Å². The molecule has 16 heteroatoms. The number of hydrogen-bond donors (Lipinski definition) is 0. The van der Waals surface area contributed by atoms with E-state index in [1.54, 1.807) is 20.0 Å². The minimum absolute atomic E-state index is 0.0411. The van der Waals surface area contributed by atoms with Crippen LogP contribution in [0, 0.1) is 28.7 Å². The summed E-state index contributed by atoms with van der Waals surface area (Å²) >= 11 is 5.91. The zero-order valence-electron chi connectivity index (χ0n) is 20.3. The first-order chi connectivity index (χ1) is 17.6. The Labute approximate surface area is 224 Å². The van der Waals surface area contributed by atoms with Crippen LogP contribution in [-0.2, 0) is 20.4 Å². The first kappa shape index (κ1) is 28.6. The predicted molar refractivity (Wildman–Crippen MR) is 134 cm³/mol. The van der Waals surface area contributed by atoms with E-state index in [0.717, 1.165) is 6.07 Å². The zero-order chi connectivity index (χ0) is 28.7. The minimum atomic E-state index is -4.38. The lowest BCUT2D eigenvalue weighted by Gasteiger charge is -2.35. The van der Waals surface area contributed by atoms with Gasteiger partial charge in [0.2, 0.25) is 12.4 Å². The molecule has 4 rings (SSSR count). The Morgan fingerprint density at radius 2 is 1.16 bits per heavy atom. The lowest BCUT2D eigenvalue weighted by molar-refractivity contribution is 0.0821. The molecule has 0 radical (unpaired) electrons. The molecule has 0 spiro atoms. The third kappa shape index (κ3) is 4.38. The molecule has 200 valence electrons. The number of rotatable bonds is 2. The number of hydrogen-bond acceptors (Lipinski definition) is 8. The topological polar surface area (TPSA) is 163 Å². The zero-order valence-corrected chi connectivity index (χ0v) is 22.7. The largest absolute Gasteiger partial charge is 0.342 e. The molecule has 0 aromatic heterocycles. The van der Waals surface area contributed by atoms with Crippen LogP contribution >= 0.6 is 11.6 Å². The van der Waals surface area contributed by atoms with E-state index in [-0.39, 0.29) is 26.1 Å². The molecule has 2 aromatic carbocycles. The van der Waals surface area contributed by atoms with E-state index in [1.165, 1.54) is 50.4 Å². The van der Waals surface area contributed by atoms with Gasteiger partial charge < -0.3 is 0 Å². The minimum Gasteiger partial charge on any atom is -0.268 e. The molecule has 0 bridgehead atoms. The Morgan fingerprint density at radius 3 is 1.58 bits per heavy atom. The summed E-state index contributed by atoms with van der Waals surface area (Å²) < 4.78 is 64.5. The summed E-state index contributed by atoms with van der Waals surface area (Å²) in [5, 5.41) is 18.1. The number of amides is 2. The number of nitriles is 2. The van der Waals surface area contributed by atoms with Crippen molar-refractivity contribution in [2.75, 3.05) is 8.61 Å². The van der Waals surface area contributed by atoms with Crippen molar-refractivity contribution in [3.05, 3.63) is 58.4 Å². The van der Waals surface area contributed by atoms with Crippen LogP contribution in [0.25, 0.3) is 0 Å². The molecule has 12 nitrogen and oxygen atoms in total. The Hall–Kier alpha value is -3.92. The van der Waals surface area contributed by atoms with Gasteiger partial charge in [-0.1, -0.05) is 23.7 Å². The first-order valence-electron chi connectivity index (χ1n) is 10.8. The van der Waals surface area contributed by atoms with E-state index in [4.69, 9.17) is 22.1 Å². The smallest absolute Gasteiger partial charge is 0.268 e. The van der Waals surface area contributed by atoms with E-state index in [1.807, 2.05) is 0 Å². The normalized spacial score (nSPS) is 17.3. The Kier molecular flexibility index (Phi) is 7.61. The maximum Gasteiger partial charge on any atom is 0.342 e. The number of carbonyl (C=O) groups excluding carboxylic acids is 2. The highest BCUT2D eigenvalue weighted by molar-refractivity contribution is 7.91. The van der Waals surface area contributed by atoms with Crippen LogP contribution in [0.4, 0.5) is 15.8 Å². The molecule has 2 aliphatic heterocycles. The number of anilines is 2. The van der Waals surface area contributed by atoms with Crippen LogP contribution in [0.3, 0.4) is 0 Å². The SMILES string of the molecule is CC(C)N1C(=O)c2cccc(Cl)c2N(C#N)S1(=O)=O.CC(C)N1C(=O)c2cccc(F)c2N(C#N)S1(=O)=O. The van der Waals surface area contributed by atoms with Gasteiger partial charge in [0.15, 0.2) is 0 Å². The van der Waals surface area contributed by atoms with E-state index < -0.39 is 55.8 Å². The van der Waals surface area contributed by atoms with Crippen LogP contribution in [-0.4, -0.2) is 49.3 Å². The third-order valence-corrected chi connectivity index (χ3v) is 9.24. The molecule has 0 N–H and O–H groups in total. The maximum absolute atomic E-state index is 13.7. The number of nitrogens with zero attached hydrogens (tertiary/aromatic N) is 6. The second-order valence-electron chi connectivity index (χ2n) is 8.41. The molecule has 0 saturated heterocycles. The van der Waals surface area contributed by atoms with Gasteiger partial charge in [0.25, 0.3) is 11.8 Å². The van der Waals surface area contributed by atoms with Gasteiger partial charge in [-0.05, 0) is 52.0 Å². The molecule has 2 aromatic rings. The summed E-state index contributed by atoms with van der Waals surface area (Å²) in [6, 6.07) is 6.71. The first-order valence-corrected chi connectivity index (χ1v) is 14.0. The fraction of sp³-hybridized carbons (Fsp3) is 0.273. The second-order valence-corrected chi connectivity index (χ2v) is 12.1. The molecule has 2 aliphatic rings. The van der Waals surface area contributed by atoms with Gasteiger partial charge >= 0.3 is 20.4 Å². The molecule has 2 amide bonds. The average molecular weight is 583 g/mol. The maximum atomic E-state index is 13.7. The highest BCUT2D eigenvalue weighted by atomic mass is 35.5. The summed E-state index contributed by atoms with van der Waals surface area (Å²) in [5.41, 5.74) is -0.664. The van der Waals surface area contributed by atoms with E-state index >= 15 is 0 Å². The van der Waals surface area contributed by atoms with Crippen molar-refractivity contribution in [3.63, 3.8) is 0 Å². The van der Waals surface area contributed by atoms with Gasteiger partial charge in [-0.25, -0.2) is 13.0 Å². The monoisotopic (exact) mass is 582 g/mol. The van der Waals surface area contributed by atoms with E-state index in [2.05, 4.69) is 0 Å². The quantitative estimate of drug-likeness (QED) is 0.488. The molecule has 2 heterocycles. The van der Waals surface area contributed by atoms with Crippen LogP contribution < -0.4 is 8.61 Å².